The van der Waals surface area contributed by atoms with Gasteiger partial charge in [-0.2, -0.15) is 0 Å². The maximum Gasteiger partial charge on any atom is 0.135 e. The molecule has 13 rings (SSSR count). The van der Waals surface area contributed by atoms with Crippen molar-refractivity contribution in [2.75, 3.05) is 4.90 Å². The lowest BCUT2D eigenvalue weighted by Gasteiger charge is -2.34. The third-order valence-electron chi connectivity index (χ3n) is 14.5. The Kier molecular flexibility index (Phi) is 8.29. The van der Waals surface area contributed by atoms with E-state index in [-0.39, 0.29) is 5.41 Å². The second kappa shape index (κ2) is 14.4. The van der Waals surface area contributed by atoms with Gasteiger partial charge in [0.1, 0.15) is 11.2 Å². The van der Waals surface area contributed by atoms with Crippen LogP contribution in [0, 0.1) is 0 Å². The summed E-state index contributed by atoms with van der Waals surface area (Å²) in [6.45, 7) is 2.39. The number of anilines is 3. The molecule has 0 N–H and O–H groups in total. The normalized spacial score (nSPS) is 15.3. The topological polar surface area (TPSA) is 16.4 Å². The highest BCUT2D eigenvalue weighted by atomic mass is 16.3. The summed E-state index contributed by atoms with van der Waals surface area (Å²) < 4.78 is 6.19. The van der Waals surface area contributed by atoms with Crippen molar-refractivity contribution in [3.05, 3.63) is 282 Å². The van der Waals surface area contributed by atoms with E-state index in [1.54, 1.807) is 0 Å². The van der Waals surface area contributed by atoms with Crippen molar-refractivity contribution >= 4 is 39.0 Å². The lowest BCUT2D eigenvalue weighted by atomic mass is 9.68. The predicted octanol–water partition coefficient (Wildman–Crippen LogP) is 16.4. The zero-order valence-electron chi connectivity index (χ0n) is 35.9. The number of furan rings is 1. The lowest BCUT2D eigenvalue weighted by Crippen LogP contribution is -2.28. The molecule has 0 aliphatic heterocycles. The number of hydrogen-bond donors (Lipinski definition) is 0. The van der Waals surface area contributed by atoms with Gasteiger partial charge < -0.3 is 9.32 Å². The van der Waals surface area contributed by atoms with Crippen LogP contribution in [0.5, 0.6) is 0 Å². The summed E-state index contributed by atoms with van der Waals surface area (Å²) >= 11 is 0. The van der Waals surface area contributed by atoms with E-state index < -0.39 is 5.41 Å². The molecule has 1 heterocycles. The second-order valence-electron chi connectivity index (χ2n) is 17.7. The third-order valence-corrected chi connectivity index (χ3v) is 14.5. The van der Waals surface area contributed by atoms with Crippen LogP contribution in [0.2, 0.25) is 0 Å². The zero-order valence-corrected chi connectivity index (χ0v) is 35.9. The number of benzene rings is 10. The first-order valence-electron chi connectivity index (χ1n) is 22.6. The number of nitrogens with zero attached hydrogens (tertiary/aromatic N) is 1. The molecular weight excluding hydrogens is 787 g/mol. The minimum Gasteiger partial charge on any atom is -0.456 e. The molecule has 2 aliphatic rings. The van der Waals surface area contributed by atoms with Crippen molar-refractivity contribution in [3.63, 3.8) is 0 Å². The Morgan fingerprint density at radius 2 is 0.800 bits per heavy atom. The minimum atomic E-state index is -0.474. The number of rotatable bonds is 7. The van der Waals surface area contributed by atoms with Crippen LogP contribution in [0.15, 0.2) is 247 Å². The number of hydrogen-bond acceptors (Lipinski definition) is 2. The molecule has 1 atom stereocenters. The van der Waals surface area contributed by atoms with Crippen LogP contribution in [-0.2, 0) is 10.8 Å². The van der Waals surface area contributed by atoms with Gasteiger partial charge in [-0.15, -0.1) is 0 Å². The van der Waals surface area contributed by atoms with Crippen LogP contribution in [0.1, 0.15) is 45.9 Å². The largest absolute Gasteiger partial charge is 0.456 e. The highest BCUT2D eigenvalue weighted by molar-refractivity contribution is 6.06. The summed E-state index contributed by atoms with van der Waals surface area (Å²) in [5.41, 5.74) is 20.8. The third kappa shape index (κ3) is 5.47. The molecule has 11 aromatic rings. The smallest absolute Gasteiger partial charge is 0.135 e. The van der Waals surface area contributed by atoms with Crippen molar-refractivity contribution in [2.24, 2.45) is 0 Å². The molecule has 0 saturated carbocycles. The zero-order chi connectivity index (χ0) is 43.1. The van der Waals surface area contributed by atoms with E-state index in [9.17, 15) is 0 Å². The molecule has 0 saturated heterocycles. The number of para-hydroxylation sites is 1. The lowest BCUT2D eigenvalue weighted by molar-refractivity contribution is 0.669. The molecule has 0 radical (unpaired) electrons. The van der Waals surface area contributed by atoms with Crippen molar-refractivity contribution in [1.82, 2.24) is 0 Å². The van der Waals surface area contributed by atoms with Gasteiger partial charge in [-0.25, -0.2) is 0 Å². The molecule has 0 fully saturated rings. The Morgan fingerprint density at radius 3 is 1.48 bits per heavy atom. The van der Waals surface area contributed by atoms with Gasteiger partial charge in [0, 0.05) is 33.2 Å². The van der Waals surface area contributed by atoms with E-state index in [2.05, 4.69) is 242 Å². The van der Waals surface area contributed by atoms with Crippen molar-refractivity contribution in [3.8, 4) is 33.4 Å². The molecule has 1 unspecified atom stereocenters. The summed E-state index contributed by atoms with van der Waals surface area (Å²) in [6, 6.07) is 89.2. The first-order chi connectivity index (χ1) is 32.1. The quantitative estimate of drug-likeness (QED) is 0.159. The summed E-state index contributed by atoms with van der Waals surface area (Å²) in [5.74, 6) is 0. The first-order valence-corrected chi connectivity index (χ1v) is 22.6. The predicted molar refractivity (Wildman–Crippen MR) is 269 cm³/mol. The standard InChI is InChI=1S/C63H43NO/c1-62(44-16-4-2-5-17-44)56-24-12-8-20-50(56)53-38-37-49(41-59(53)62)64(47-33-28-42(29-34-47)43-30-39-61-55(40-43)54-23-11-15-27-60(54)65-61)48-35-31-46(32-36-48)63(45-18-6-3-7-19-45)57-25-13-9-21-51(57)52-22-10-14-26-58(52)63/h2-41H,1H3. The van der Waals surface area contributed by atoms with Crippen LogP contribution in [0.4, 0.5) is 17.1 Å². The second-order valence-corrected chi connectivity index (χ2v) is 17.7. The maximum atomic E-state index is 6.19. The maximum absolute atomic E-state index is 6.19. The van der Waals surface area contributed by atoms with Gasteiger partial charge in [0.2, 0.25) is 0 Å². The fraction of sp³-hybridized carbons (Fsp3) is 0.0476. The Hall–Kier alpha value is -8.20. The molecular formula is C63H43NO. The average Bonchev–Trinajstić information content (AvgIpc) is 3.99. The minimum absolute atomic E-state index is 0.330. The summed E-state index contributed by atoms with van der Waals surface area (Å²) in [5, 5.41) is 2.26. The summed E-state index contributed by atoms with van der Waals surface area (Å²) in [4.78, 5) is 2.43. The van der Waals surface area contributed by atoms with Crippen LogP contribution in [0.3, 0.4) is 0 Å². The first kappa shape index (κ1) is 37.4. The van der Waals surface area contributed by atoms with Crippen LogP contribution < -0.4 is 4.90 Å². The highest BCUT2D eigenvalue weighted by Crippen LogP contribution is 2.57. The van der Waals surface area contributed by atoms with E-state index >= 15 is 0 Å². The highest BCUT2D eigenvalue weighted by Gasteiger charge is 2.46. The molecule has 1 aromatic heterocycles. The fourth-order valence-electron chi connectivity index (χ4n) is 11.4. The van der Waals surface area contributed by atoms with Crippen molar-refractivity contribution in [2.45, 2.75) is 17.8 Å². The van der Waals surface area contributed by atoms with E-state index in [0.717, 1.165) is 50.1 Å². The van der Waals surface area contributed by atoms with Crippen molar-refractivity contribution in [1.29, 1.82) is 0 Å². The van der Waals surface area contributed by atoms with Gasteiger partial charge in [-0.05, 0) is 134 Å². The van der Waals surface area contributed by atoms with Gasteiger partial charge in [-0.1, -0.05) is 188 Å². The average molecular weight is 830 g/mol. The fourth-order valence-corrected chi connectivity index (χ4v) is 11.4. The van der Waals surface area contributed by atoms with E-state index in [1.807, 2.05) is 12.1 Å². The molecule has 65 heavy (non-hydrogen) atoms. The summed E-state index contributed by atoms with van der Waals surface area (Å²) in [7, 11) is 0. The van der Waals surface area contributed by atoms with Gasteiger partial charge >= 0.3 is 0 Å². The van der Waals surface area contributed by atoms with Gasteiger partial charge in [0.05, 0.1) is 5.41 Å². The Bertz CT molecular complexity index is 3560. The van der Waals surface area contributed by atoms with Gasteiger partial charge in [0.15, 0.2) is 0 Å². The monoisotopic (exact) mass is 829 g/mol. The molecule has 2 nitrogen and oxygen atoms in total. The molecule has 306 valence electrons. The van der Waals surface area contributed by atoms with Gasteiger partial charge in [-0.3, -0.25) is 0 Å². The SMILES string of the molecule is CC1(c2ccccc2)c2ccccc2-c2ccc(N(c3ccc(-c4ccc5oc6ccccc6c5c4)cc3)c3ccc(C4(c5ccccc5)c5ccccc5-c5ccccc54)cc3)cc21. The van der Waals surface area contributed by atoms with Crippen molar-refractivity contribution < 1.29 is 4.42 Å². The summed E-state index contributed by atoms with van der Waals surface area (Å²) in [6.07, 6.45) is 0. The molecule has 2 aliphatic carbocycles. The van der Waals surface area contributed by atoms with Crippen LogP contribution in [0.25, 0.3) is 55.3 Å². The van der Waals surface area contributed by atoms with E-state index in [0.29, 0.717) is 0 Å². The molecule has 0 amide bonds. The van der Waals surface area contributed by atoms with E-state index in [1.165, 1.54) is 61.2 Å². The van der Waals surface area contributed by atoms with E-state index in [4.69, 9.17) is 4.42 Å². The molecule has 0 bridgehead atoms. The van der Waals surface area contributed by atoms with Crippen LogP contribution >= 0.6 is 0 Å². The van der Waals surface area contributed by atoms with Gasteiger partial charge in [0.25, 0.3) is 0 Å². The number of fused-ring (bicyclic) bond motifs is 9. The Balaban J connectivity index is 0.982. The Morgan fingerprint density at radius 1 is 0.323 bits per heavy atom. The molecule has 2 heteroatoms. The Labute approximate surface area is 379 Å². The molecule has 10 aromatic carbocycles. The van der Waals surface area contributed by atoms with Crippen LogP contribution in [-0.4, -0.2) is 0 Å². The molecule has 0 spiro atoms.